The Hall–Kier alpha value is -3.41. The molecule has 0 atom stereocenters. The summed E-state index contributed by atoms with van der Waals surface area (Å²) in [6.45, 7) is 4.07. The fourth-order valence-corrected chi connectivity index (χ4v) is 3.36. The summed E-state index contributed by atoms with van der Waals surface area (Å²) >= 11 is 0. The van der Waals surface area contributed by atoms with Crippen LogP contribution in [0.25, 0.3) is 16.9 Å². The maximum absolute atomic E-state index is 13.0. The van der Waals surface area contributed by atoms with Gasteiger partial charge in [0.25, 0.3) is 5.91 Å². The van der Waals surface area contributed by atoms with Crippen molar-refractivity contribution in [2.24, 2.45) is 0 Å². The Morgan fingerprint density at radius 1 is 1.10 bits per heavy atom. The second-order valence-corrected chi connectivity index (χ2v) is 7.70. The zero-order valence-electron chi connectivity index (χ0n) is 17.3. The van der Waals surface area contributed by atoms with Crippen LogP contribution in [0.2, 0.25) is 0 Å². The zero-order chi connectivity index (χ0) is 21.1. The number of nitrogens with zero attached hydrogens (tertiary/aromatic N) is 2. The van der Waals surface area contributed by atoms with Gasteiger partial charge < -0.3 is 10.6 Å². The third-order valence-electron chi connectivity index (χ3n) is 5.31. The van der Waals surface area contributed by atoms with Crippen molar-refractivity contribution in [3.8, 4) is 16.9 Å². The van der Waals surface area contributed by atoms with E-state index in [4.69, 9.17) is 5.10 Å². The van der Waals surface area contributed by atoms with Gasteiger partial charge in [0.05, 0.1) is 17.8 Å². The van der Waals surface area contributed by atoms with Gasteiger partial charge in [0.1, 0.15) is 5.69 Å². The fraction of sp³-hybridized carbons (Fsp3) is 0.292. The summed E-state index contributed by atoms with van der Waals surface area (Å²) in [5.41, 5.74) is 5.10. The molecule has 1 aliphatic carbocycles. The normalized spacial score (nSPS) is 13.1. The van der Waals surface area contributed by atoms with Gasteiger partial charge in [0, 0.05) is 17.8 Å². The largest absolute Gasteiger partial charge is 0.352 e. The van der Waals surface area contributed by atoms with Crippen molar-refractivity contribution >= 4 is 11.8 Å². The number of rotatable bonds is 7. The number of carbonyl (C=O) groups is 2. The molecule has 1 saturated carbocycles. The Balaban J connectivity index is 1.64. The molecule has 30 heavy (non-hydrogen) atoms. The minimum Gasteiger partial charge on any atom is -0.352 e. The number of hydrogen-bond donors (Lipinski definition) is 2. The Labute approximate surface area is 176 Å². The van der Waals surface area contributed by atoms with E-state index >= 15 is 0 Å². The quantitative estimate of drug-likeness (QED) is 0.636. The molecule has 1 aliphatic rings. The molecule has 1 fully saturated rings. The molecule has 6 nitrogen and oxygen atoms in total. The van der Waals surface area contributed by atoms with Crippen LogP contribution in [0.3, 0.4) is 0 Å². The molecule has 2 aromatic carbocycles. The van der Waals surface area contributed by atoms with E-state index in [1.54, 1.807) is 10.9 Å². The van der Waals surface area contributed by atoms with Crippen LogP contribution in [0.1, 0.15) is 41.3 Å². The standard InChI is InChI=1S/C24H26N4O2/c1-3-17-8-10-18(11-9-17)23-20(24(30)25-14-22(29)26-19-12-13-19)15-28(27-23)21-7-5-4-6-16(21)2/h4-11,15,19H,3,12-14H2,1-2H3,(H,25,30)(H,26,29). The smallest absolute Gasteiger partial charge is 0.255 e. The van der Waals surface area contributed by atoms with E-state index in [1.807, 2.05) is 55.5 Å². The third-order valence-corrected chi connectivity index (χ3v) is 5.31. The van der Waals surface area contributed by atoms with Crippen molar-refractivity contribution in [3.05, 3.63) is 71.4 Å². The monoisotopic (exact) mass is 402 g/mol. The van der Waals surface area contributed by atoms with E-state index in [-0.39, 0.29) is 24.4 Å². The highest BCUT2D eigenvalue weighted by Gasteiger charge is 2.24. The van der Waals surface area contributed by atoms with Crippen LogP contribution in [0.5, 0.6) is 0 Å². The van der Waals surface area contributed by atoms with Gasteiger partial charge in [0.2, 0.25) is 5.91 Å². The summed E-state index contributed by atoms with van der Waals surface area (Å²) < 4.78 is 1.73. The molecule has 0 bridgehead atoms. The van der Waals surface area contributed by atoms with E-state index in [1.165, 1.54) is 5.56 Å². The fourth-order valence-electron chi connectivity index (χ4n) is 3.36. The molecule has 154 valence electrons. The molecule has 1 heterocycles. The predicted octanol–water partition coefficient (Wildman–Crippen LogP) is 3.42. The van der Waals surface area contributed by atoms with Gasteiger partial charge in [-0.2, -0.15) is 5.10 Å². The number of aryl methyl sites for hydroxylation is 2. The molecular weight excluding hydrogens is 376 g/mol. The van der Waals surface area contributed by atoms with E-state index in [2.05, 4.69) is 17.6 Å². The number of nitrogens with one attached hydrogen (secondary N) is 2. The maximum Gasteiger partial charge on any atom is 0.255 e. The lowest BCUT2D eigenvalue weighted by molar-refractivity contribution is -0.120. The lowest BCUT2D eigenvalue weighted by Crippen LogP contribution is -2.37. The minimum atomic E-state index is -0.310. The van der Waals surface area contributed by atoms with Crippen LogP contribution in [-0.2, 0) is 11.2 Å². The molecule has 3 aromatic rings. The van der Waals surface area contributed by atoms with Gasteiger partial charge in [-0.15, -0.1) is 0 Å². The number of carbonyl (C=O) groups excluding carboxylic acids is 2. The van der Waals surface area contributed by atoms with Crippen LogP contribution in [0.15, 0.2) is 54.7 Å². The van der Waals surface area contributed by atoms with Gasteiger partial charge in [-0.05, 0) is 43.4 Å². The molecule has 0 saturated heterocycles. The first-order valence-electron chi connectivity index (χ1n) is 10.4. The van der Waals surface area contributed by atoms with Gasteiger partial charge >= 0.3 is 0 Å². The SMILES string of the molecule is CCc1ccc(-c2nn(-c3ccccc3C)cc2C(=O)NCC(=O)NC2CC2)cc1. The molecular formula is C24H26N4O2. The van der Waals surface area contributed by atoms with Crippen LogP contribution in [0, 0.1) is 6.92 Å². The van der Waals surface area contributed by atoms with Crippen molar-refractivity contribution in [2.75, 3.05) is 6.54 Å². The molecule has 0 unspecified atom stereocenters. The highest BCUT2D eigenvalue weighted by Crippen LogP contribution is 2.25. The van der Waals surface area contributed by atoms with Gasteiger partial charge in [-0.1, -0.05) is 49.4 Å². The van der Waals surface area contributed by atoms with Crippen molar-refractivity contribution in [3.63, 3.8) is 0 Å². The average molecular weight is 402 g/mol. The Bertz CT molecular complexity index is 1070. The molecule has 0 radical (unpaired) electrons. The van der Waals surface area contributed by atoms with E-state index < -0.39 is 0 Å². The number of para-hydroxylation sites is 1. The molecule has 2 amide bonds. The number of benzene rings is 2. The van der Waals surface area contributed by atoms with Crippen molar-refractivity contribution < 1.29 is 9.59 Å². The minimum absolute atomic E-state index is 0.0426. The molecule has 0 spiro atoms. The number of hydrogen-bond acceptors (Lipinski definition) is 3. The first-order chi connectivity index (χ1) is 14.5. The van der Waals surface area contributed by atoms with Crippen molar-refractivity contribution in [2.45, 2.75) is 39.2 Å². The number of amides is 2. The maximum atomic E-state index is 13.0. The topological polar surface area (TPSA) is 76.0 Å². The summed E-state index contributed by atoms with van der Waals surface area (Å²) in [7, 11) is 0. The van der Waals surface area contributed by atoms with Crippen molar-refractivity contribution in [1.82, 2.24) is 20.4 Å². The second-order valence-electron chi connectivity index (χ2n) is 7.70. The summed E-state index contributed by atoms with van der Waals surface area (Å²) in [6, 6.07) is 16.2. The lowest BCUT2D eigenvalue weighted by Gasteiger charge is -2.06. The third kappa shape index (κ3) is 4.43. The van der Waals surface area contributed by atoms with Crippen LogP contribution >= 0.6 is 0 Å². The van der Waals surface area contributed by atoms with E-state index in [0.29, 0.717) is 11.3 Å². The molecule has 6 heteroatoms. The summed E-state index contributed by atoms with van der Waals surface area (Å²) in [6.07, 6.45) is 4.71. The van der Waals surface area contributed by atoms with Gasteiger partial charge in [-0.25, -0.2) is 4.68 Å². The number of aromatic nitrogens is 2. The van der Waals surface area contributed by atoms with Crippen LogP contribution in [0.4, 0.5) is 0 Å². The summed E-state index contributed by atoms with van der Waals surface area (Å²) in [5, 5.41) is 10.4. The molecule has 2 N–H and O–H groups in total. The first kappa shape index (κ1) is 19.9. The average Bonchev–Trinajstić information content (AvgIpc) is 3.46. The van der Waals surface area contributed by atoms with E-state index in [9.17, 15) is 9.59 Å². The molecule has 1 aromatic heterocycles. The van der Waals surface area contributed by atoms with Crippen molar-refractivity contribution in [1.29, 1.82) is 0 Å². The Kier molecular flexibility index (Phi) is 5.65. The first-order valence-corrected chi connectivity index (χ1v) is 10.4. The van der Waals surface area contributed by atoms with Gasteiger partial charge in [0.15, 0.2) is 0 Å². The van der Waals surface area contributed by atoms with Gasteiger partial charge in [-0.3, -0.25) is 9.59 Å². The van der Waals surface area contributed by atoms with Crippen LogP contribution in [-0.4, -0.2) is 34.2 Å². The Morgan fingerprint density at radius 2 is 1.83 bits per heavy atom. The summed E-state index contributed by atoms with van der Waals surface area (Å²) in [4.78, 5) is 24.9. The predicted molar refractivity (Wildman–Crippen MR) is 117 cm³/mol. The highest BCUT2D eigenvalue weighted by atomic mass is 16.2. The van der Waals surface area contributed by atoms with E-state index in [0.717, 1.165) is 36.1 Å². The lowest BCUT2D eigenvalue weighted by atomic mass is 10.0. The van der Waals surface area contributed by atoms with Crippen LogP contribution < -0.4 is 10.6 Å². The summed E-state index contributed by atoms with van der Waals surface area (Å²) in [5.74, 6) is -0.471. The molecule has 4 rings (SSSR count). The highest BCUT2D eigenvalue weighted by molar-refractivity contribution is 6.01. The molecule has 0 aliphatic heterocycles. The Morgan fingerprint density at radius 3 is 2.50 bits per heavy atom. The zero-order valence-corrected chi connectivity index (χ0v) is 17.3. The second kappa shape index (κ2) is 8.53.